The van der Waals surface area contributed by atoms with Gasteiger partial charge in [0.25, 0.3) is 5.91 Å². The predicted octanol–water partition coefficient (Wildman–Crippen LogP) is 1.80. The van der Waals surface area contributed by atoms with Crippen molar-refractivity contribution in [3.8, 4) is 6.07 Å². The molecule has 0 aliphatic carbocycles. The maximum absolute atomic E-state index is 13.7. The lowest BCUT2D eigenvalue weighted by Crippen LogP contribution is -2.38. The van der Waals surface area contributed by atoms with Gasteiger partial charge in [0, 0.05) is 5.69 Å². The van der Waals surface area contributed by atoms with Crippen LogP contribution in [0, 0.1) is 17.1 Å². The third-order valence-corrected chi connectivity index (χ3v) is 2.75. The van der Waals surface area contributed by atoms with E-state index in [0.717, 1.165) is 11.1 Å². The third kappa shape index (κ3) is 2.43. The maximum Gasteiger partial charge on any atom is 0.277 e. The van der Waals surface area contributed by atoms with E-state index < -0.39 is 11.7 Å². The number of carbonyl (C=O) groups is 1. The molecule has 6 heteroatoms. The van der Waals surface area contributed by atoms with Crippen LogP contribution >= 0.6 is 0 Å². The summed E-state index contributed by atoms with van der Waals surface area (Å²) in [7, 11) is 0. The van der Waals surface area contributed by atoms with Crippen molar-refractivity contribution in [3.05, 3.63) is 59.4 Å². The van der Waals surface area contributed by atoms with Crippen molar-refractivity contribution < 1.29 is 9.18 Å². The largest absolute Gasteiger partial charge is 0.398 e. The first-order valence-electron chi connectivity index (χ1n) is 5.68. The van der Waals surface area contributed by atoms with E-state index in [9.17, 15) is 9.18 Å². The smallest absolute Gasteiger partial charge is 0.277 e. The number of anilines is 2. The van der Waals surface area contributed by atoms with Crippen molar-refractivity contribution in [3.63, 3.8) is 0 Å². The zero-order chi connectivity index (χ0) is 14.7. The molecule has 2 aromatic carbocycles. The average Bonchev–Trinajstić information content (AvgIpc) is 2.46. The fourth-order valence-electron chi connectivity index (χ4n) is 1.70. The molecule has 20 heavy (non-hydrogen) atoms. The van der Waals surface area contributed by atoms with E-state index in [1.54, 1.807) is 0 Å². The van der Waals surface area contributed by atoms with E-state index in [-0.39, 0.29) is 11.3 Å². The van der Waals surface area contributed by atoms with E-state index in [4.69, 9.17) is 16.8 Å². The zero-order valence-electron chi connectivity index (χ0n) is 10.4. The van der Waals surface area contributed by atoms with Gasteiger partial charge in [-0.1, -0.05) is 6.07 Å². The Kier molecular flexibility index (Phi) is 3.64. The summed E-state index contributed by atoms with van der Waals surface area (Å²) in [5, 5.41) is 9.49. The van der Waals surface area contributed by atoms with Gasteiger partial charge >= 0.3 is 0 Å². The van der Waals surface area contributed by atoms with Gasteiger partial charge in [-0.3, -0.25) is 4.79 Å². The number of rotatable bonds is 2. The van der Waals surface area contributed by atoms with E-state index in [1.165, 1.54) is 36.4 Å². The number of hydrogen-bond donors (Lipinski definition) is 2. The first-order valence-corrected chi connectivity index (χ1v) is 5.68. The van der Waals surface area contributed by atoms with Crippen LogP contribution in [0.3, 0.4) is 0 Å². The molecule has 2 rings (SSSR count). The van der Waals surface area contributed by atoms with Gasteiger partial charge in [0.1, 0.15) is 5.82 Å². The molecule has 5 nitrogen and oxygen atoms in total. The van der Waals surface area contributed by atoms with Gasteiger partial charge in [-0.2, -0.15) is 5.26 Å². The molecular formula is C14H11FN4O. The summed E-state index contributed by atoms with van der Waals surface area (Å²) in [6.45, 7) is 0. The molecule has 0 aliphatic rings. The second-order valence-corrected chi connectivity index (χ2v) is 4.04. The first kappa shape index (κ1) is 13.5. The number of carbonyl (C=O) groups excluding carboxylic acids is 1. The average molecular weight is 270 g/mol. The van der Waals surface area contributed by atoms with Crippen LogP contribution in [-0.2, 0) is 0 Å². The van der Waals surface area contributed by atoms with Crippen molar-refractivity contribution in [1.82, 2.24) is 0 Å². The molecule has 0 fully saturated rings. The standard InChI is InChI=1S/C14H11FN4O/c15-11-2-1-3-12(17)13(11)14(20)19(18)10-6-4-9(8-16)5-7-10/h1-7H,17-18H2. The second-order valence-electron chi connectivity index (χ2n) is 4.04. The number of halogens is 1. The van der Waals surface area contributed by atoms with Crippen molar-refractivity contribution in [2.24, 2.45) is 5.84 Å². The van der Waals surface area contributed by atoms with Crippen molar-refractivity contribution in [2.75, 3.05) is 10.7 Å². The molecule has 0 spiro atoms. The molecule has 0 unspecified atom stereocenters. The Labute approximate surface area is 114 Å². The number of nitriles is 1. The van der Waals surface area contributed by atoms with Crippen LogP contribution < -0.4 is 16.6 Å². The highest BCUT2D eigenvalue weighted by atomic mass is 19.1. The van der Waals surface area contributed by atoms with Crippen LogP contribution in [0.2, 0.25) is 0 Å². The summed E-state index contributed by atoms with van der Waals surface area (Å²) < 4.78 is 13.7. The molecule has 0 saturated heterocycles. The number of nitrogens with two attached hydrogens (primary N) is 2. The Morgan fingerprint density at radius 1 is 1.20 bits per heavy atom. The van der Waals surface area contributed by atoms with E-state index in [2.05, 4.69) is 0 Å². The van der Waals surface area contributed by atoms with Gasteiger partial charge in [-0.25, -0.2) is 15.2 Å². The van der Waals surface area contributed by atoms with Crippen molar-refractivity contribution in [2.45, 2.75) is 0 Å². The Hall–Kier alpha value is -2.91. The molecule has 2 aromatic rings. The molecule has 0 bridgehead atoms. The number of amides is 1. The van der Waals surface area contributed by atoms with Crippen LogP contribution in [0.4, 0.5) is 15.8 Å². The van der Waals surface area contributed by atoms with Crippen LogP contribution in [0.5, 0.6) is 0 Å². The van der Waals surface area contributed by atoms with Gasteiger partial charge in [0.05, 0.1) is 22.9 Å². The highest BCUT2D eigenvalue weighted by molar-refractivity contribution is 6.08. The van der Waals surface area contributed by atoms with Crippen LogP contribution in [-0.4, -0.2) is 5.91 Å². The molecule has 4 N–H and O–H groups in total. The minimum Gasteiger partial charge on any atom is -0.398 e. The topological polar surface area (TPSA) is 96.1 Å². The lowest BCUT2D eigenvalue weighted by Gasteiger charge is -2.18. The van der Waals surface area contributed by atoms with E-state index >= 15 is 0 Å². The quantitative estimate of drug-likeness (QED) is 0.376. The van der Waals surface area contributed by atoms with Gasteiger partial charge in [0.15, 0.2) is 0 Å². The predicted molar refractivity (Wildman–Crippen MR) is 73.0 cm³/mol. The molecule has 0 saturated carbocycles. The van der Waals surface area contributed by atoms with Gasteiger partial charge in [-0.05, 0) is 36.4 Å². The van der Waals surface area contributed by atoms with Gasteiger partial charge in [-0.15, -0.1) is 0 Å². The normalized spacial score (nSPS) is 9.85. The molecule has 0 aliphatic heterocycles. The third-order valence-electron chi connectivity index (χ3n) is 2.75. The van der Waals surface area contributed by atoms with Crippen molar-refractivity contribution in [1.29, 1.82) is 5.26 Å². The minimum atomic E-state index is -0.759. The van der Waals surface area contributed by atoms with Crippen LogP contribution in [0.1, 0.15) is 15.9 Å². The molecule has 0 heterocycles. The fraction of sp³-hybridized carbons (Fsp3) is 0. The maximum atomic E-state index is 13.7. The number of hydrogen-bond acceptors (Lipinski definition) is 4. The van der Waals surface area contributed by atoms with Gasteiger partial charge in [0.2, 0.25) is 0 Å². The lowest BCUT2D eigenvalue weighted by molar-refractivity contribution is 0.0984. The minimum absolute atomic E-state index is 0.0131. The SMILES string of the molecule is N#Cc1ccc(N(N)C(=O)c2c(N)cccc2F)cc1. The summed E-state index contributed by atoms with van der Waals surface area (Å²) >= 11 is 0. The molecule has 1 amide bonds. The molecule has 0 aromatic heterocycles. The Balaban J connectivity index is 2.35. The highest BCUT2D eigenvalue weighted by Crippen LogP contribution is 2.20. The fourth-order valence-corrected chi connectivity index (χ4v) is 1.70. The summed E-state index contributed by atoms with van der Waals surface area (Å²) in [5.74, 6) is 4.18. The summed E-state index contributed by atoms with van der Waals surface area (Å²) in [4.78, 5) is 12.2. The number of benzene rings is 2. The zero-order valence-corrected chi connectivity index (χ0v) is 10.4. The van der Waals surface area contributed by atoms with Crippen LogP contribution in [0.25, 0.3) is 0 Å². The number of hydrazine groups is 1. The monoisotopic (exact) mass is 270 g/mol. The summed E-state index contributed by atoms with van der Waals surface area (Å²) in [5.41, 5.74) is 6.09. The molecule has 100 valence electrons. The van der Waals surface area contributed by atoms with Crippen molar-refractivity contribution >= 4 is 17.3 Å². The summed E-state index contributed by atoms with van der Waals surface area (Å²) in [6.07, 6.45) is 0. The Morgan fingerprint density at radius 2 is 1.85 bits per heavy atom. The Bertz CT molecular complexity index is 671. The van der Waals surface area contributed by atoms with E-state index in [0.29, 0.717) is 11.3 Å². The lowest BCUT2D eigenvalue weighted by atomic mass is 10.1. The van der Waals surface area contributed by atoms with Gasteiger partial charge < -0.3 is 5.73 Å². The molecular weight excluding hydrogens is 259 g/mol. The second kappa shape index (κ2) is 5.38. The highest BCUT2D eigenvalue weighted by Gasteiger charge is 2.20. The first-order chi connectivity index (χ1) is 9.54. The van der Waals surface area contributed by atoms with Crippen LogP contribution in [0.15, 0.2) is 42.5 Å². The summed E-state index contributed by atoms with van der Waals surface area (Å²) in [6, 6.07) is 11.9. The molecule has 0 radical (unpaired) electrons. The molecule has 0 atom stereocenters. The number of nitrogens with zero attached hydrogens (tertiary/aromatic N) is 2. The van der Waals surface area contributed by atoms with E-state index in [1.807, 2.05) is 6.07 Å². The number of nitrogen functional groups attached to an aromatic ring is 1. The Morgan fingerprint density at radius 3 is 2.40 bits per heavy atom.